The van der Waals surface area contributed by atoms with Crippen LogP contribution in [-0.4, -0.2) is 59.3 Å². The number of H-pyrrole nitrogens is 1. The Kier molecular flexibility index (Phi) is 5.00. The van der Waals surface area contributed by atoms with Gasteiger partial charge in [-0.2, -0.15) is 0 Å². The van der Waals surface area contributed by atoms with Gasteiger partial charge in [0.05, 0.1) is 6.54 Å². The lowest BCUT2D eigenvalue weighted by atomic mass is 10.1. The predicted molar refractivity (Wildman–Crippen MR) is 82.4 cm³/mol. The largest absolute Gasteiger partial charge is 0.362 e. The highest BCUT2D eigenvalue weighted by atomic mass is 16.1. The van der Waals surface area contributed by atoms with Crippen LogP contribution in [0.2, 0.25) is 0 Å². The second-order valence-electron chi connectivity index (χ2n) is 5.98. The summed E-state index contributed by atoms with van der Waals surface area (Å²) in [4.78, 5) is 20.4. The molecule has 4 nitrogen and oxygen atoms in total. The second-order valence-corrected chi connectivity index (χ2v) is 5.98. The average Bonchev–Trinajstić information content (AvgIpc) is 2.78. The molecule has 1 aliphatic rings. The SMILES string of the molecule is CCC(C)N1CCN(CC(=O)c2cc(C)[nH]c2C)CC1. The van der Waals surface area contributed by atoms with Gasteiger partial charge < -0.3 is 4.98 Å². The fourth-order valence-electron chi connectivity index (χ4n) is 2.92. The minimum absolute atomic E-state index is 0.240. The molecule has 0 saturated carbocycles. The van der Waals surface area contributed by atoms with E-state index in [1.54, 1.807) is 0 Å². The number of aromatic nitrogens is 1. The van der Waals surface area contributed by atoms with E-state index >= 15 is 0 Å². The van der Waals surface area contributed by atoms with Gasteiger partial charge in [-0.3, -0.25) is 14.6 Å². The zero-order chi connectivity index (χ0) is 14.7. The number of piperazine rings is 1. The first kappa shape index (κ1) is 15.3. The Bertz CT molecular complexity index is 458. The first-order valence-corrected chi connectivity index (χ1v) is 7.67. The standard InChI is InChI=1S/C16H27N3O/c1-5-13(3)19-8-6-18(7-9-19)11-16(20)15-10-12(2)17-14(15)4/h10,13,17H,5-9,11H2,1-4H3. The number of carbonyl (C=O) groups excluding carboxylic acids is 1. The van der Waals surface area contributed by atoms with E-state index in [-0.39, 0.29) is 5.78 Å². The van der Waals surface area contributed by atoms with Crippen molar-refractivity contribution in [1.29, 1.82) is 0 Å². The van der Waals surface area contributed by atoms with Crippen molar-refractivity contribution in [2.75, 3.05) is 32.7 Å². The van der Waals surface area contributed by atoms with Crippen molar-refractivity contribution in [3.05, 3.63) is 23.0 Å². The number of hydrogen-bond acceptors (Lipinski definition) is 3. The molecule has 1 aliphatic heterocycles. The molecule has 0 bridgehead atoms. The minimum atomic E-state index is 0.240. The lowest BCUT2D eigenvalue weighted by Gasteiger charge is -2.37. The van der Waals surface area contributed by atoms with Gasteiger partial charge in [0.25, 0.3) is 0 Å². The molecule has 2 heterocycles. The minimum Gasteiger partial charge on any atom is -0.362 e. The maximum Gasteiger partial charge on any atom is 0.178 e. The number of hydrogen-bond donors (Lipinski definition) is 1. The average molecular weight is 277 g/mol. The van der Waals surface area contributed by atoms with Crippen LogP contribution in [0.4, 0.5) is 0 Å². The van der Waals surface area contributed by atoms with Crippen LogP contribution in [0.1, 0.15) is 42.0 Å². The zero-order valence-electron chi connectivity index (χ0n) is 13.2. The fraction of sp³-hybridized carbons (Fsp3) is 0.688. The molecule has 112 valence electrons. The first-order valence-electron chi connectivity index (χ1n) is 7.67. The summed E-state index contributed by atoms with van der Waals surface area (Å²) in [5.41, 5.74) is 2.91. The molecular formula is C16H27N3O. The van der Waals surface area contributed by atoms with Crippen LogP contribution in [0.3, 0.4) is 0 Å². The predicted octanol–water partition coefficient (Wildman–Crippen LogP) is 2.23. The van der Waals surface area contributed by atoms with Crippen molar-refractivity contribution < 1.29 is 4.79 Å². The molecule has 1 saturated heterocycles. The molecule has 2 rings (SSSR count). The normalized spacial score (nSPS) is 19.2. The highest BCUT2D eigenvalue weighted by Gasteiger charge is 2.22. The van der Waals surface area contributed by atoms with Crippen LogP contribution in [0.25, 0.3) is 0 Å². The number of Topliss-reactive ketones (excluding diaryl/α,β-unsaturated/α-hetero) is 1. The summed E-state index contributed by atoms with van der Waals surface area (Å²) in [5.74, 6) is 0.240. The van der Waals surface area contributed by atoms with Crippen LogP contribution < -0.4 is 0 Å². The van der Waals surface area contributed by atoms with Crippen molar-refractivity contribution in [2.45, 2.75) is 40.2 Å². The molecule has 20 heavy (non-hydrogen) atoms. The van der Waals surface area contributed by atoms with Gasteiger partial charge in [-0.15, -0.1) is 0 Å². The molecular weight excluding hydrogens is 250 g/mol. The van der Waals surface area contributed by atoms with Crippen molar-refractivity contribution in [3.8, 4) is 0 Å². The number of ketones is 1. The number of aryl methyl sites for hydroxylation is 2. The van der Waals surface area contributed by atoms with Crippen LogP contribution in [-0.2, 0) is 0 Å². The molecule has 0 aliphatic carbocycles. The van der Waals surface area contributed by atoms with Gasteiger partial charge in [-0.25, -0.2) is 0 Å². The molecule has 0 radical (unpaired) electrons. The van der Waals surface area contributed by atoms with E-state index in [1.807, 2.05) is 19.9 Å². The van der Waals surface area contributed by atoms with Crippen LogP contribution >= 0.6 is 0 Å². The first-order chi connectivity index (χ1) is 9.51. The van der Waals surface area contributed by atoms with Gasteiger partial charge in [0.15, 0.2) is 5.78 Å². The lowest BCUT2D eigenvalue weighted by Crippen LogP contribution is -2.50. The second kappa shape index (κ2) is 6.55. The maximum atomic E-state index is 12.3. The van der Waals surface area contributed by atoms with Crippen LogP contribution in [0.5, 0.6) is 0 Å². The summed E-state index contributed by atoms with van der Waals surface area (Å²) in [6.07, 6.45) is 1.20. The molecule has 1 unspecified atom stereocenters. The van der Waals surface area contributed by atoms with Crippen molar-refractivity contribution in [2.24, 2.45) is 0 Å². The highest BCUT2D eigenvalue weighted by Crippen LogP contribution is 2.13. The monoisotopic (exact) mass is 277 g/mol. The summed E-state index contributed by atoms with van der Waals surface area (Å²) >= 11 is 0. The van der Waals surface area contributed by atoms with E-state index in [2.05, 4.69) is 28.6 Å². The summed E-state index contributed by atoms with van der Waals surface area (Å²) in [6.45, 7) is 13.2. The molecule has 0 spiro atoms. The third-order valence-corrected chi connectivity index (χ3v) is 4.44. The topological polar surface area (TPSA) is 39.3 Å². The van der Waals surface area contributed by atoms with Crippen molar-refractivity contribution in [1.82, 2.24) is 14.8 Å². The summed E-state index contributed by atoms with van der Waals surface area (Å²) in [7, 11) is 0. The van der Waals surface area contributed by atoms with E-state index in [1.165, 1.54) is 6.42 Å². The Balaban J connectivity index is 1.86. The lowest BCUT2D eigenvalue weighted by molar-refractivity contribution is 0.0784. The zero-order valence-corrected chi connectivity index (χ0v) is 13.2. The van der Waals surface area contributed by atoms with Gasteiger partial charge in [0.1, 0.15) is 0 Å². The fourth-order valence-corrected chi connectivity index (χ4v) is 2.92. The van der Waals surface area contributed by atoms with Gasteiger partial charge in [0, 0.05) is 49.2 Å². The highest BCUT2D eigenvalue weighted by molar-refractivity contribution is 5.98. The number of carbonyl (C=O) groups is 1. The third kappa shape index (κ3) is 3.49. The smallest absolute Gasteiger partial charge is 0.178 e. The Hall–Kier alpha value is -1.13. The Morgan fingerprint density at radius 2 is 1.95 bits per heavy atom. The number of nitrogens with one attached hydrogen (secondary N) is 1. The molecule has 4 heteroatoms. The van der Waals surface area contributed by atoms with Gasteiger partial charge >= 0.3 is 0 Å². The summed E-state index contributed by atoms with van der Waals surface area (Å²) in [6, 6.07) is 2.62. The van der Waals surface area contributed by atoms with E-state index in [0.717, 1.165) is 43.1 Å². The van der Waals surface area contributed by atoms with E-state index in [0.29, 0.717) is 12.6 Å². The molecule has 1 fully saturated rings. The Labute approximate surface area is 122 Å². The number of nitrogens with zero attached hydrogens (tertiary/aromatic N) is 2. The molecule has 1 aromatic rings. The molecule has 1 aromatic heterocycles. The van der Waals surface area contributed by atoms with E-state index in [4.69, 9.17) is 0 Å². The van der Waals surface area contributed by atoms with E-state index in [9.17, 15) is 4.79 Å². The molecule has 0 aromatic carbocycles. The van der Waals surface area contributed by atoms with Crippen molar-refractivity contribution >= 4 is 5.78 Å². The van der Waals surface area contributed by atoms with Gasteiger partial charge in [-0.1, -0.05) is 6.92 Å². The molecule has 1 atom stereocenters. The molecule has 1 N–H and O–H groups in total. The quantitative estimate of drug-likeness (QED) is 0.839. The number of rotatable bonds is 5. The van der Waals surface area contributed by atoms with Crippen LogP contribution in [0.15, 0.2) is 6.07 Å². The Morgan fingerprint density at radius 3 is 2.45 bits per heavy atom. The van der Waals surface area contributed by atoms with Gasteiger partial charge in [0.2, 0.25) is 0 Å². The molecule has 0 amide bonds. The van der Waals surface area contributed by atoms with Crippen LogP contribution in [0, 0.1) is 13.8 Å². The summed E-state index contributed by atoms with van der Waals surface area (Å²) in [5, 5.41) is 0. The summed E-state index contributed by atoms with van der Waals surface area (Å²) < 4.78 is 0. The van der Waals surface area contributed by atoms with Crippen molar-refractivity contribution in [3.63, 3.8) is 0 Å². The maximum absolute atomic E-state index is 12.3. The number of aromatic amines is 1. The van der Waals surface area contributed by atoms with E-state index < -0.39 is 0 Å². The Morgan fingerprint density at radius 1 is 1.30 bits per heavy atom. The third-order valence-electron chi connectivity index (χ3n) is 4.44. The van der Waals surface area contributed by atoms with Gasteiger partial charge in [-0.05, 0) is 33.3 Å².